The van der Waals surface area contributed by atoms with Gasteiger partial charge in [-0.2, -0.15) is 0 Å². The molecule has 6 heteroatoms. The maximum absolute atomic E-state index is 12.8. The second-order valence-corrected chi connectivity index (χ2v) is 6.27. The van der Waals surface area contributed by atoms with Crippen LogP contribution >= 0.6 is 0 Å². The highest BCUT2D eigenvalue weighted by molar-refractivity contribution is 6.11. The molecule has 0 fully saturated rings. The fourth-order valence-corrected chi connectivity index (χ4v) is 2.86. The van der Waals surface area contributed by atoms with Crippen LogP contribution in [-0.4, -0.2) is 33.8 Å². The van der Waals surface area contributed by atoms with Crippen molar-refractivity contribution in [3.05, 3.63) is 47.0 Å². The largest absolute Gasteiger partial charge is 0.496 e. The third kappa shape index (κ3) is 3.31. The standard InChI is InChI=1S/C20H22N2O4/c1-12(20(23)13-5-6-16(22(2)3)15(21)8-13)7-14-9-18-19(26-11-25-18)10-17(14)24-4/h5-10H,11,21H2,1-4H3/b12-7+. The van der Waals surface area contributed by atoms with E-state index in [0.717, 1.165) is 11.3 Å². The summed E-state index contributed by atoms with van der Waals surface area (Å²) in [7, 11) is 5.39. The van der Waals surface area contributed by atoms with Crippen molar-refractivity contribution >= 4 is 23.2 Å². The Bertz CT molecular complexity index is 888. The third-order valence-corrected chi connectivity index (χ3v) is 4.23. The van der Waals surface area contributed by atoms with Crippen molar-refractivity contribution in [2.45, 2.75) is 6.92 Å². The first-order chi connectivity index (χ1) is 12.4. The van der Waals surface area contributed by atoms with E-state index >= 15 is 0 Å². The highest BCUT2D eigenvalue weighted by atomic mass is 16.7. The van der Waals surface area contributed by atoms with Gasteiger partial charge >= 0.3 is 0 Å². The van der Waals surface area contributed by atoms with Gasteiger partial charge < -0.3 is 24.8 Å². The van der Waals surface area contributed by atoms with Gasteiger partial charge in [-0.1, -0.05) is 0 Å². The Morgan fingerprint density at radius 2 is 1.88 bits per heavy atom. The van der Waals surface area contributed by atoms with Crippen LogP contribution in [0.25, 0.3) is 6.08 Å². The fraction of sp³-hybridized carbons (Fsp3) is 0.250. The number of carbonyl (C=O) groups excluding carboxylic acids is 1. The number of Topliss-reactive ketones (excluding diaryl/α,β-unsaturated/α-hetero) is 1. The second-order valence-electron chi connectivity index (χ2n) is 6.27. The normalized spacial score (nSPS) is 12.8. The Balaban J connectivity index is 1.93. The molecule has 6 nitrogen and oxygen atoms in total. The first-order valence-electron chi connectivity index (χ1n) is 8.18. The monoisotopic (exact) mass is 354 g/mol. The van der Waals surface area contributed by atoms with Crippen molar-refractivity contribution in [3.8, 4) is 17.2 Å². The zero-order valence-corrected chi connectivity index (χ0v) is 15.3. The molecule has 0 aromatic heterocycles. The number of nitrogens with zero attached hydrogens (tertiary/aromatic N) is 1. The molecule has 2 aromatic carbocycles. The summed E-state index contributed by atoms with van der Waals surface area (Å²) in [6.07, 6.45) is 1.78. The van der Waals surface area contributed by atoms with Crippen LogP contribution in [0.5, 0.6) is 17.2 Å². The molecular weight excluding hydrogens is 332 g/mol. The molecule has 0 unspecified atom stereocenters. The zero-order chi connectivity index (χ0) is 18.8. The Morgan fingerprint density at radius 1 is 1.19 bits per heavy atom. The van der Waals surface area contributed by atoms with E-state index in [0.29, 0.717) is 34.1 Å². The molecule has 0 saturated heterocycles. The van der Waals surface area contributed by atoms with Gasteiger partial charge in [-0.15, -0.1) is 0 Å². The lowest BCUT2D eigenvalue weighted by atomic mass is 10.0. The molecule has 26 heavy (non-hydrogen) atoms. The molecule has 1 aliphatic heterocycles. The van der Waals surface area contributed by atoms with Crippen LogP contribution in [0.2, 0.25) is 0 Å². The number of anilines is 2. The molecule has 0 aliphatic carbocycles. The predicted octanol–water partition coefficient (Wildman–Crippen LogP) is 3.36. The lowest BCUT2D eigenvalue weighted by Crippen LogP contribution is -2.12. The molecule has 1 aliphatic rings. The van der Waals surface area contributed by atoms with E-state index in [-0.39, 0.29) is 12.6 Å². The van der Waals surface area contributed by atoms with E-state index in [1.807, 2.05) is 25.1 Å². The van der Waals surface area contributed by atoms with Crippen LogP contribution < -0.4 is 24.8 Å². The Morgan fingerprint density at radius 3 is 2.50 bits per heavy atom. The maximum atomic E-state index is 12.8. The molecule has 0 amide bonds. The van der Waals surface area contributed by atoms with E-state index in [9.17, 15) is 4.79 Å². The van der Waals surface area contributed by atoms with Crippen molar-refractivity contribution < 1.29 is 19.0 Å². The highest BCUT2D eigenvalue weighted by Gasteiger charge is 2.18. The molecule has 3 rings (SSSR count). The number of nitrogens with two attached hydrogens (primary N) is 1. The SMILES string of the molecule is COc1cc2c(cc1/C=C(\C)C(=O)c1ccc(N(C)C)c(N)c1)OCO2. The van der Waals surface area contributed by atoms with Gasteiger partial charge in [0.25, 0.3) is 0 Å². The van der Waals surface area contributed by atoms with Gasteiger partial charge in [-0.25, -0.2) is 0 Å². The van der Waals surface area contributed by atoms with Crippen LogP contribution in [0.4, 0.5) is 11.4 Å². The topological polar surface area (TPSA) is 74.0 Å². The number of hydrogen-bond acceptors (Lipinski definition) is 6. The maximum Gasteiger partial charge on any atom is 0.231 e. The van der Waals surface area contributed by atoms with Crippen LogP contribution in [-0.2, 0) is 0 Å². The molecular formula is C20H22N2O4. The molecule has 1 heterocycles. The smallest absolute Gasteiger partial charge is 0.231 e. The number of hydrogen-bond donors (Lipinski definition) is 1. The van der Waals surface area contributed by atoms with Gasteiger partial charge in [0, 0.05) is 31.3 Å². The Labute approximate surface area is 152 Å². The summed E-state index contributed by atoms with van der Waals surface area (Å²) < 4.78 is 16.2. The van der Waals surface area contributed by atoms with Gasteiger partial charge in [-0.3, -0.25) is 4.79 Å². The van der Waals surface area contributed by atoms with E-state index in [1.165, 1.54) is 0 Å². The summed E-state index contributed by atoms with van der Waals surface area (Å²) in [6, 6.07) is 8.89. The molecule has 0 spiro atoms. The van der Waals surface area contributed by atoms with E-state index in [1.54, 1.807) is 44.4 Å². The Hall–Kier alpha value is -3.15. The average Bonchev–Trinajstić information content (AvgIpc) is 3.07. The number of methoxy groups -OCH3 is 1. The summed E-state index contributed by atoms with van der Waals surface area (Å²) in [4.78, 5) is 14.7. The summed E-state index contributed by atoms with van der Waals surface area (Å²) >= 11 is 0. The van der Waals surface area contributed by atoms with Gasteiger partial charge in [0.05, 0.1) is 18.5 Å². The lowest BCUT2D eigenvalue weighted by molar-refractivity contribution is 0.103. The molecule has 0 bridgehead atoms. The Kier molecular flexibility index (Phi) is 4.75. The molecule has 136 valence electrons. The van der Waals surface area contributed by atoms with Crippen LogP contribution in [0.3, 0.4) is 0 Å². The summed E-state index contributed by atoms with van der Waals surface area (Å²) in [5.74, 6) is 1.79. The van der Waals surface area contributed by atoms with E-state index in [2.05, 4.69) is 0 Å². The van der Waals surface area contributed by atoms with Crippen molar-refractivity contribution in [2.75, 3.05) is 38.6 Å². The molecule has 2 N–H and O–H groups in total. The van der Waals surface area contributed by atoms with Crippen molar-refractivity contribution in [3.63, 3.8) is 0 Å². The van der Waals surface area contributed by atoms with Crippen LogP contribution in [0.15, 0.2) is 35.9 Å². The first kappa shape index (κ1) is 17.7. The van der Waals surface area contributed by atoms with Crippen molar-refractivity contribution in [1.29, 1.82) is 0 Å². The quantitative estimate of drug-likeness (QED) is 0.504. The highest BCUT2D eigenvalue weighted by Crippen LogP contribution is 2.39. The fourth-order valence-electron chi connectivity index (χ4n) is 2.86. The minimum atomic E-state index is -0.0956. The summed E-state index contributed by atoms with van der Waals surface area (Å²) in [6.45, 7) is 1.95. The summed E-state index contributed by atoms with van der Waals surface area (Å²) in [5.41, 5.74) is 9.36. The number of carbonyl (C=O) groups is 1. The average molecular weight is 354 g/mol. The predicted molar refractivity (Wildman–Crippen MR) is 102 cm³/mol. The molecule has 0 atom stereocenters. The van der Waals surface area contributed by atoms with Crippen LogP contribution in [0.1, 0.15) is 22.8 Å². The van der Waals surface area contributed by atoms with Gasteiger partial charge in [0.1, 0.15) is 5.75 Å². The van der Waals surface area contributed by atoms with E-state index in [4.69, 9.17) is 19.9 Å². The number of allylic oxidation sites excluding steroid dienone is 1. The minimum Gasteiger partial charge on any atom is -0.496 e. The zero-order valence-electron chi connectivity index (χ0n) is 15.3. The minimum absolute atomic E-state index is 0.0956. The number of benzene rings is 2. The number of ether oxygens (including phenoxy) is 3. The number of rotatable bonds is 5. The summed E-state index contributed by atoms with van der Waals surface area (Å²) in [5, 5.41) is 0. The number of fused-ring (bicyclic) bond motifs is 1. The lowest BCUT2D eigenvalue weighted by Gasteiger charge is -2.15. The van der Waals surface area contributed by atoms with Gasteiger partial charge in [-0.05, 0) is 42.8 Å². The van der Waals surface area contributed by atoms with Gasteiger partial charge in [0.15, 0.2) is 17.3 Å². The van der Waals surface area contributed by atoms with Crippen molar-refractivity contribution in [2.24, 2.45) is 0 Å². The first-order valence-corrected chi connectivity index (χ1v) is 8.18. The van der Waals surface area contributed by atoms with E-state index < -0.39 is 0 Å². The third-order valence-electron chi connectivity index (χ3n) is 4.23. The van der Waals surface area contributed by atoms with Gasteiger partial charge in [0.2, 0.25) is 6.79 Å². The second kappa shape index (κ2) is 7.00. The molecule has 0 radical (unpaired) electrons. The van der Waals surface area contributed by atoms with Crippen LogP contribution in [0, 0.1) is 0 Å². The number of nitrogen functional groups attached to an aromatic ring is 1. The number of ketones is 1. The molecule has 0 saturated carbocycles. The van der Waals surface area contributed by atoms with Crippen molar-refractivity contribution in [1.82, 2.24) is 0 Å². The molecule has 2 aromatic rings.